The molecule has 1 aromatic carbocycles. The molecule has 1 aromatic heterocycles. The Bertz CT molecular complexity index is 848. The minimum Gasteiger partial charge on any atom is -0.333 e. The summed E-state index contributed by atoms with van der Waals surface area (Å²) in [6.07, 6.45) is 2.43. The van der Waals surface area contributed by atoms with Gasteiger partial charge in [0.05, 0.1) is 11.3 Å². The molecule has 0 N–H and O–H groups in total. The third-order valence-electron chi connectivity index (χ3n) is 4.88. The Hall–Kier alpha value is -2.47. The molecular formula is C18H18FN3O2. The van der Waals surface area contributed by atoms with Gasteiger partial charge in [-0.05, 0) is 24.6 Å². The summed E-state index contributed by atoms with van der Waals surface area (Å²) in [5.41, 5.74) is 0.211. The Morgan fingerprint density at radius 1 is 1.08 bits per heavy atom. The average molecular weight is 327 g/mol. The fourth-order valence-electron chi connectivity index (χ4n) is 3.58. The van der Waals surface area contributed by atoms with Crippen LogP contribution in [0.4, 0.5) is 4.39 Å². The Balaban J connectivity index is 1.69. The number of hydrogen-bond donors (Lipinski definition) is 0. The van der Waals surface area contributed by atoms with Crippen molar-refractivity contribution in [3.63, 3.8) is 0 Å². The largest absolute Gasteiger partial charge is 0.333 e. The van der Waals surface area contributed by atoms with Gasteiger partial charge in [-0.3, -0.25) is 19.1 Å². The summed E-state index contributed by atoms with van der Waals surface area (Å²) in [7, 11) is 0. The molecule has 3 heterocycles. The van der Waals surface area contributed by atoms with Crippen LogP contribution in [0.3, 0.4) is 0 Å². The molecule has 2 atom stereocenters. The van der Waals surface area contributed by atoms with Crippen LogP contribution in [0.1, 0.15) is 16.8 Å². The first-order valence-electron chi connectivity index (χ1n) is 8.14. The van der Waals surface area contributed by atoms with Crippen molar-refractivity contribution >= 4 is 5.91 Å². The molecule has 2 saturated heterocycles. The van der Waals surface area contributed by atoms with E-state index in [0.29, 0.717) is 12.1 Å². The van der Waals surface area contributed by atoms with Crippen molar-refractivity contribution in [3.05, 3.63) is 64.3 Å². The Labute approximate surface area is 138 Å². The van der Waals surface area contributed by atoms with E-state index in [1.165, 1.54) is 35.0 Å². The molecular weight excluding hydrogens is 309 g/mol. The fraction of sp³-hybridized carbons (Fsp3) is 0.333. The Morgan fingerprint density at radius 3 is 2.75 bits per heavy atom. The van der Waals surface area contributed by atoms with Gasteiger partial charge in [-0.2, -0.15) is 0 Å². The number of fused-ring (bicyclic) bond motifs is 2. The van der Waals surface area contributed by atoms with Crippen molar-refractivity contribution in [1.29, 1.82) is 0 Å². The summed E-state index contributed by atoms with van der Waals surface area (Å²) in [6.45, 7) is 3.53. The molecule has 0 spiro atoms. The molecule has 2 aliphatic heterocycles. The number of halogens is 1. The van der Waals surface area contributed by atoms with Gasteiger partial charge in [0.25, 0.3) is 11.5 Å². The van der Waals surface area contributed by atoms with E-state index in [1.807, 2.05) is 4.90 Å². The minimum absolute atomic E-state index is 0.0911. The second kappa shape index (κ2) is 5.87. The van der Waals surface area contributed by atoms with Crippen LogP contribution >= 0.6 is 0 Å². The highest BCUT2D eigenvalue weighted by Gasteiger charge is 2.35. The van der Waals surface area contributed by atoms with Crippen LogP contribution in [0.25, 0.3) is 5.69 Å². The van der Waals surface area contributed by atoms with E-state index >= 15 is 0 Å². The van der Waals surface area contributed by atoms with E-state index in [4.69, 9.17) is 0 Å². The number of nitrogens with zero attached hydrogens (tertiary/aromatic N) is 3. The number of benzene rings is 1. The lowest BCUT2D eigenvalue weighted by Gasteiger charge is -2.34. The number of amides is 1. The topological polar surface area (TPSA) is 45.6 Å². The van der Waals surface area contributed by atoms with Crippen molar-refractivity contribution in [2.45, 2.75) is 12.5 Å². The molecule has 2 bridgehead atoms. The highest BCUT2D eigenvalue weighted by atomic mass is 19.1. The molecule has 2 fully saturated rings. The van der Waals surface area contributed by atoms with Crippen LogP contribution in [0, 0.1) is 5.82 Å². The van der Waals surface area contributed by atoms with Gasteiger partial charge >= 0.3 is 0 Å². The molecule has 5 nitrogen and oxygen atoms in total. The molecule has 124 valence electrons. The predicted octanol–water partition coefficient (Wildman–Crippen LogP) is 1.51. The summed E-state index contributed by atoms with van der Waals surface area (Å²) in [5, 5.41) is 0. The number of pyridine rings is 1. The predicted molar refractivity (Wildman–Crippen MR) is 87.9 cm³/mol. The SMILES string of the molecule is O=C(c1ccc(=O)n(-c2ccccc2F)c1)N1CCN2CCC1C2. The van der Waals surface area contributed by atoms with E-state index < -0.39 is 5.82 Å². The standard InChI is InChI=1S/C18H18FN3O2/c19-15-3-1-2-4-16(15)22-11-13(5-6-17(22)23)18(24)21-10-9-20-8-7-14(21)12-20/h1-6,11,14H,7-10,12H2. The molecule has 0 aliphatic carbocycles. The zero-order chi connectivity index (χ0) is 16.7. The number of aromatic nitrogens is 1. The first-order chi connectivity index (χ1) is 11.6. The van der Waals surface area contributed by atoms with Crippen LogP contribution in [0.15, 0.2) is 47.4 Å². The number of carbonyl (C=O) groups excluding carboxylic acids is 1. The van der Waals surface area contributed by atoms with Crippen molar-refractivity contribution in [2.75, 3.05) is 26.2 Å². The van der Waals surface area contributed by atoms with Crippen molar-refractivity contribution < 1.29 is 9.18 Å². The summed E-state index contributed by atoms with van der Waals surface area (Å²) in [6, 6.07) is 9.15. The van der Waals surface area contributed by atoms with E-state index in [9.17, 15) is 14.0 Å². The smallest absolute Gasteiger partial charge is 0.255 e. The highest BCUT2D eigenvalue weighted by Crippen LogP contribution is 2.22. The zero-order valence-electron chi connectivity index (χ0n) is 13.2. The second-order valence-electron chi connectivity index (χ2n) is 6.32. The summed E-state index contributed by atoms with van der Waals surface area (Å²) in [5.74, 6) is -0.583. The van der Waals surface area contributed by atoms with Crippen LogP contribution in [0.5, 0.6) is 0 Å². The van der Waals surface area contributed by atoms with E-state index in [1.54, 1.807) is 12.1 Å². The maximum Gasteiger partial charge on any atom is 0.255 e. The Kier molecular flexibility index (Phi) is 3.69. The van der Waals surface area contributed by atoms with Crippen molar-refractivity contribution in [3.8, 4) is 5.69 Å². The van der Waals surface area contributed by atoms with Crippen LogP contribution in [-0.2, 0) is 0 Å². The normalized spacial score (nSPS) is 22.6. The monoisotopic (exact) mass is 327 g/mol. The zero-order valence-corrected chi connectivity index (χ0v) is 13.2. The first-order valence-corrected chi connectivity index (χ1v) is 8.14. The van der Waals surface area contributed by atoms with E-state index in [-0.39, 0.29) is 23.2 Å². The summed E-state index contributed by atoms with van der Waals surface area (Å²) >= 11 is 0. The quantitative estimate of drug-likeness (QED) is 0.840. The van der Waals surface area contributed by atoms with Crippen LogP contribution < -0.4 is 5.56 Å². The van der Waals surface area contributed by atoms with Gasteiger partial charge < -0.3 is 4.90 Å². The number of para-hydroxylation sites is 1. The van der Waals surface area contributed by atoms with E-state index in [2.05, 4.69) is 4.90 Å². The average Bonchev–Trinajstić information content (AvgIpc) is 2.97. The minimum atomic E-state index is -0.492. The lowest BCUT2D eigenvalue weighted by molar-refractivity contribution is 0.0608. The van der Waals surface area contributed by atoms with Gasteiger partial charge in [-0.25, -0.2) is 4.39 Å². The number of carbonyl (C=O) groups is 1. The number of rotatable bonds is 2. The molecule has 0 radical (unpaired) electrons. The number of piperazine rings is 1. The third-order valence-corrected chi connectivity index (χ3v) is 4.88. The number of hydrogen-bond acceptors (Lipinski definition) is 3. The van der Waals surface area contributed by atoms with Crippen molar-refractivity contribution in [1.82, 2.24) is 14.4 Å². The van der Waals surface area contributed by atoms with Gasteiger partial charge in [0.1, 0.15) is 5.82 Å². The van der Waals surface area contributed by atoms with Crippen LogP contribution in [0.2, 0.25) is 0 Å². The van der Waals surface area contributed by atoms with Crippen LogP contribution in [-0.4, -0.2) is 52.5 Å². The lowest BCUT2D eigenvalue weighted by atomic mass is 10.1. The molecule has 0 saturated carbocycles. The second-order valence-corrected chi connectivity index (χ2v) is 6.32. The lowest BCUT2D eigenvalue weighted by Crippen LogP contribution is -2.49. The van der Waals surface area contributed by atoms with Gasteiger partial charge in [0.15, 0.2) is 0 Å². The van der Waals surface area contributed by atoms with Gasteiger partial charge in [-0.1, -0.05) is 12.1 Å². The maximum absolute atomic E-state index is 14.0. The van der Waals surface area contributed by atoms with Crippen molar-refractivity contribution in [2.24, 2.45) is 0 Å². The van der Waals surface area contributed by atoms with Gasteiger partial charge in [0, 0.05) is 44.5 Å². The van der Waals surface area contributed by atoms with Gasteiger partial charge in [-0.15, -0.1) is 0 Å². The Morgan fingerprint density at radius 2 is 1.92 bits per heavy atom. The summed E-state index contributed by atoms with van der Waals surface area (Å²) in [4.78, 5) is 29.2. The van der Waals surface area contributed by atoms with E-state index in [0.717, 1.165) is 26.1 Å². The molecule has 4 rings (SSSR count). The molecule has 24 heavy (non-hydrogen) atoms. The first kappa shape index (κ1) is 15.1. The maximum atomic E-state index is 14.0. The molecule has 6 heteroatoms. The fourth-order valence-corrected chi connectivity index (χ4v) is 3.58. The highest BCUT2D eigenvalue weighted by molar-refractivity contribution is 5.94. The summed E-state index contributed by atoms with van der Waals surface area (Å²) < 4.78 is 15.2. The molecule has 2 unspecified atom stereocenters. The molecule has 1 amide bonds. The molecule has 2 aliphatic rings. The third kappa shape index (κ3) is 2.53. The molecule has 2 aromatic rings. The van der Waals surface area contributed by atoms with Gasteiger partial charge in [0.2, 0.25) is 0 Å².